The Labute approximate surface area is 196 Å². The average molecular weight is 429 g/mol. The van der Waals surface area contributed by atoms with Crippen molar-refractivity contribution in [3.05, 3.63) is 48.0 Å². The molecule has 0 heterocycles. The molecule has 2 rings (SSSR count). The normalized spacial score (nSPS) is 11.1. The predicted molar refractivity (Wildman–Crippen MR) is 109 cm³/mol. The summed E-state index contributed by atoms with van der Waals surface area (Å²) in [4.78, 5) is -0.0830. The number of aryl methyl sites for hydroxylation is 1. The molecule has 0 aliphatic rings. The van der Waals surface area contributed by atoms with E-state index in [2.05, 4.69) is 6.92 Å². The molecule has 0 radical (unpaired) electrons. The minimum Gasteiger partial charge on any atom is -0.872 e. The van der Waals surface area contributed by atoms with Crippen LogP contribution in [0.4, 0.5) is 0 Å². The topological polar surface area (TPSA) is 86.7 Å². The van der Waals surface area contributed by atoms with Crippen molar-refractivity contribution in [3.63, 3.8) is 0 Å². The van der Waals surface area contributed by atoms with Gasteiger partial charge in [0.1, 0.15) is 11.5 Å². The van der Waals surface area contributed by atoms with Crippen molar-refractivity contribution in [1.82, 2.24) is 0 Å². The van der Waals surface area contributed by atoms with Crippen LogP contribution >= 0.6 is 0 Å². The van der Waals surface area contributed by atoms with E-state index < -0.39 is 10.1 Å². The molecule has 1 N–H and O–H groups in total. The fourth-order valence-corrected chi connectivity index (χ4v) is 3.92. The van der Waals surface area contributed by atoms with Crippen LogP contribution in [0.2, 0.25) is 0 Å². The molecule has 154 valence electrons. The summed E-state index contributed by atoms with van der Waals surface area (Å²) in [5, 5.41) is 11.4. The van der Waals surface area contributed by atoms with E-state index in [0.717, 1.165) is 19.3 Å². The maximum atomic E-state index is 11.7. The molecule has 0 aliphatic heterocycles. The first-order chi connectivity index (χ1) is 13.4. The molecule has 0 saturated heterocycles. The number of hydrogen-bond acceptors (Lipinski definition) is 4. The molecule has 2 aromatic carbocycles. The van der Waals surface area contributed by atoms with Gasteiger partial charge in [-0.1, -0.05) is 64.0 Å². The standard InChI is InChI=1S/C22H30O5S.Na/c1-2-3-4-5-6-7-8-9-11-18-16-21(14-15-22(18)28(24,25)26)27-20-13-10-12-19(23)17-20;/h10,12-17,23H,2-9,11H2,1H3,(H,24,25,26);/q;+1/p-1. The zero-order valence-electron chi connectivity index (χ0n) is 17.4. The first-order valence-electron chi connectivity index (χ1n) is 9.95. The van der Waals surface area contributed by atoms with E-state index in [0.29, 0.717) is 23.5 Å². The van der Waals surface area contributed by atoms with E-state index in [1.807, 2.05) is 0 Å². The molecule has 0 saturated carbocycles. The predicted octanol–water partition coefficient (Wildman–Crippen LogP) is 2.49. The second-order valence-corrected chi connectivity index (χ2v) is 8.44. The van der Waals surface area contributed by atoms with Gasteiger partial charge in [0, 0.05) is 0 Å². The van der Waals surface area contributed by atoms with Gasteiger partial charge >= 0.3 is 29.6 Å². The van der Waals surface area contributed by atoms with Crippen LogP contribution in [0.3, 0.4) is 0 Å². The summed E-state index contributed by atoms with van der Waals surface area (Å²) >= 11 is 0. The number of benzene rings is 2. The third-order valence-corrected chi connectivity index (χ3v) is 5.60. The van der Waals surface area contributed by atoms with Crippen molar-refractivity contribution in [2.45, 2.75) is 69.6 Å². The van der Waals surface area contributed by atoms with E-state index in [1.165, 1.54) is 56.4 Å². The third-order valence-electron chi connectivity index (χ3n) is 4.65. The minimum absolute atomic E-state index is 0. The summed E-state index contributed by atoms with van der Waals surface area (Å²) in [5.74, 6) is 0.670. The van der Waals surface area contributed by atoms with Crippen LogP contribution in [0.5, 0.6) is 17.2 Å². The van der Waals surface area contributed by atoms with Crippen molar-refractivity contribution in [2.75, 3.05) is 0 Å². The van der Waals surface area contributed by atoms with Gasteiger partial charge < -0.3 is 9.84 Å². The van der Waals surface area contributed by atoms with Crippen LogP contribution < -0.4 is 39.4 Å². The molecule has 0 spiro atoms. The largest absolute Gasteiger partial charge is 1.00 e. The van der Waals surface area contributed by atoms with Crippen molar-refractivity contribution < 1.29 is 52.4 Å². The Bertz CT molecular complexity index is 852. The third kappa shape index (κ3) is 9.53. The number of rotatable bonds is 12. The molecule has 7 heteroatoms. The van der Waals surface area contributed by atoms with Gasteiger partial charge in [-0.2, -0.15) is 8.42 Å². The quantitative estimate of drug-likeness (QED) is 0.319. The molecule has 0 aliphatic carbocycles. The van der Waals surface area contributed by atoms with Gasteiger partial charge in [-0.15, -0.1) is 5.75 Å². The smallest absolute Gasteiger partial charge is 0.872 e. The second-order valence-electron chi connectivity index (χ2n) is 7.05. The Hall–Kier alpha value is -1.05. The van der Waals surface area contributed by atoms with Gasteiger partial charge in [0.25, 0.3) is 10.1 Å². The Morgan fingerprint density at radius 1 is 0.897 bits per heavy atom. The maximum Gasteiger partial charge on any atom is 1.00 e. The first kappa shape index (κ1) is 26.0. The van der Waals surface area contributed by atoms with Gasteiger partial charge in [-0.3, -0.25) is 4.55 Å². The van der Waals surface area contributed by atoms with Gasteiger partial charge in [-0.05, 0) is 48.7 Å². The molecular weight excluding hydrogens is 399 g/mol. The Kier molecular flexibility index (Phi) is 11.9. The van der Waals surface area contributed by atoms with Crippen molar-refractivity contribution in [3.8, 4) is 17.2 Å². The SMILES string of the molecule is CCCCCCCCCCc1cc(Oc2cccc([O-])c2)ccc1S(=O)(=O)O.[Na+]. The molecule has 0 aromatic heterocycles. The molecule has 0 unspecified atom stereocenters. The number of hydrogen-bond donors (Lipinski definition) is 1. The maximum absolute atomic E-state index is 11.7. The van der Waals surface area contributed by atoms with Gasteiger partial charge in [0.05, 0.1) is 4.90 Å². The van der Waals surface area contributed by atoms with Crippen LogP contribution in [0.25, 0.3) is 0 Å². The molecule has 0 atom stereocenters. The summed E-state index contributed by atoms with van der Waals surface area (Å²) in [6.07, 6.45) is 9.74. The summed E-state index contributed by atoms with van der Waals surface area (Å²) < 4.78 is 38.5. The molecule has 2 aromatic rings. The van der Waals surface area contributed by atoms with Crippen molar-refractivity contribution in [1.29, 1.82) is 0 Å². The Morgan fingerprint density at radius 2 is 1.52 bits per heavy atom. The fraction of sp³-hybridized carbons (Fsp3) is 0.455. The summed E-state index contributed by atoms with van der Waals surface area (Å²) in [6, 6.07) is 10.5. The van der Waals surface area contributed by atoms with Gasteiger partial charge in [-0.25, -0.2) is 0 Å². The number of ether oxygens (including phenoxy) is 1. The zero-order valence-corrected chi connectivity index (χ0v) is 20.2. The Balaban J connectivity index is 0.00000420. The summed E-state index contributed by atoms with van der Waals surface area (Å²) in [5.41, 5.74) is 0.532. The van der Waals surface area contributed by atoms with E-state index in [-0.39, 0.29) is 40.2 Å². The number of unbranched alkanes of at least 4 members (excludes halogenated alkanes) is 7. The molecule has 0 amide bonds. The molecule has 0 bridgehead atoms. The van der Waals surface area contributed by atoms with E-state index in [1.54, 1.807) is 18.2 Å². The monoisotopic (exact) mass is 428 g/mol. The van der Waals surface area contributed by atoms with Crippen LogP contribution in [0.1, 0.15) is 63.9 Å². The van der Waals surface area contributed by atoms with E-state index >= 15 is 0 Å². The van der Waals surface area contributed by atoms with Crippen LogP contribution in [0, 0.1) is 0 Å². The second kappa shape index (κ2) is 13.3. The minimum atomic E-state index is -4.29. The van der Waals surface area contributed by atoms with Crippen molar-refractivity contribution in [2.24, 2.45) is 0 Å². The van der Waals surface area contributed by atoms with Gasteiger partial charge in [0.2, 0.25) is 0 Å². The molecule has 0 fully saturated rings. The Morgan fingerprint density at radius 3 is 2.14 bits per heavy atom. The molecular formula is C22H29NaO5S. The zero-order chi connectivity index (χ0) is 20.4. The van der Waals surface area contributed by atoms with Crippen LogP contribution in [0.15, 0.2) is 47.4 Å². The average Bonchev–Trinajstić information content (AvgIpc) is 2.63. The molecule has 29 heavy (non-hydrogen) atoms. The van der Waals surface area contributed by atoms with E-state index in [9.17, 15) is 18.1 Å². The van der Waals surface area contributed by atoms with E-state index in [4.69, 9.17) is 4.74 Å². The first-order valence-corrected chi connectivity index (χ1v) is 11.4. The van der Waals surface area contributed by atoms with Gasteiger partial charge in [0.15, 0.2) is 0 Å². The fourth-order valence-electron chi connectivity index (χ4n) is 3.19. The molecule has 5 nitrogen and oxygen atoms in total. The van der Waals surface area contributed by atoms with Crippen LogP contribution in [-0.4, -0.2) is 13.0 Å². The summed E-state index contributed by atoms with van der Waals surface area (Å²) in [6.45, 7) is 2.20. The van der Waals surface area contributed by atoms with Crippen LogP contribution in [-0.2, 0) is 16.5 Å². The van der Waals surface area contributed by atoms with Crippen molar-refractivity contribution >= 4 is 10.1 Å². The summed E-state index contributed by atoms with van der Waals surface area (Å²) in [7, 11) is -4.29.